The summed E-state index contributed by atoms with van der Waals surface area (Å²) in [5, 5.41) is 11.8. The highest BCUT2D eigenvalue weighted by atomic mass is 35.5. The number of carbonyl (C=O) groups is 2. The molecule has 1 unspecified atom stereocenters. The van der Waals surface area contributed by atoms with Gasteiger partial charge in [0.1, 0.15) is 12.1 Å². The average molecular weight is 264 g/mol. The third-order valence-electron chi connectivity index (χ3n) is 2.81. The van der Waals surface area contributed by atoms with Crippen molar-refractivity contribution in [1.82, 2.24) is 5.32 Å². The molecule has 92 valence electrons. The Morgan fingerprint density at radius 3 is 2.89 bits per heavy atom. The molecule has 6 heteroatoms. The zero-order chi connectivity index (χ0) is 13.3. The first-order chi connectivity index (χ1) is 8.52. The SMILES string of the molecule is CC1C(=O)NC(=O)CN1c1ccc(Cl)cc1C#N. The third kappa shape index (κ3) is 2.15. The van der Waals surface area contributed by atoms with Crippen LogP contribution in [0.1, 0.15) is 12.5 Å². The Balaban J connectivity index is 2.44. The molecule has 0 saturated carbocycles. The van der Waals surface area contributed by atoms with Crippen LogP contribution in [0.2, 0.25) is 5.02 Å². The van der Waals surface area contributed by atoms with E-state index in [-0.39, 0.29) is 18.4 Å². The second-order valence-corrected chi connectivity index (χ2v) is 4.43. The van der Waals surface area contributed by atoms with Crippen molar-refractivity contribution in [3.05, 3.63) is 28.8 Å². The molecule has 1 N–H and O–H groups in total. The fraction of sp³-hybridized carbons (Fsp3) is 0.250. The van der Waals surface area contributed by atoms with Crippen LogP contribution in [-0.4, -0.2) is 24.4 Å². The standard InChI is InChI=1S/C12H10ClN3O2/c1-7-12(18)15-11(17)6-16(7)10-3-2-9(13)4-8(10)5-14/h2-4,7H,6H2,1H3,(H,15,17,18). The first kappa shape index (κ1) is 12.4. The average Bonchev–Trinajstić information content (AvgIpc) is 2.34. The number of benzene rings is 1. The maximum Gasteiger partial charge on any atom is 0.249 e. The van der Waals surface area contributed by atoms with E-state index in [1.54, 1.807) is 24.0 Å². The summed E-state index contributed by atoms with van der Waals surface area (Å²) in [4.78, 5) is 24.6. The molecule has 0 bridgehead atoms. The number of anilines is 1. The molecule has 1 aliphatic rings. The molecule has 1 heterocycles. The summed E-state index contributed by atoms with van der Waals surface area (Å²) in [6.07, 6.45) is 0. The number of halogens is 1. The lowest BCUT2D eigenvalue weighted by molar-refractivity contribution is -0.132. The van der Waals surface area contributed by atoms with Gasteiger partial charge in [0.2, 0.25) is 11.8 Å². The van der Waals surface area contributed by atoms with Gasteiger partial charge >= 0.3 is 0 Å². The van der Waals surface area contributed by atoms with Gasteiger partial charge in [0.05, 0.1) is 17.8 Å². The van der Waals surface area contributed by atoms with E-state index in [9.17, 15) is 9.59 Å². The maximum absolute atomic E-state index is 11.6. The number of carbonyl (C=O) groups excluding carboxylic acids is 2. The van der Waals surface area contributed by atoms with E-state index in [1.807, 2.05) is 6.07 Å². The van der Waals surface area contributed by atoms with E-state index in [0.29, 0.717) is 16.3 Å². The number of nitrogens with zero attached hydrogens (tertiary/aromatic N) is 2. The van der Waals surface area contributed by atoms with E-state index < -0.39 is 6.04 Å². The van der Waals surface area contributed by atoms with Crippen LogP contribution in [-0.2, 0) is 9.59 Å². The summed E-state index contributed by atoms with van der Waals surface area (Å²) >= 11 is 5.81. The van der Waals surface area contributed by atoms with Gasteiger partial charge in [0, 0.05) is 5.02 Å². The van der Waals surface area contributed by atoms with Crippen LogP contribution in [0.5, 0.6) is 0 Å². The molecule has 0 radical (unpaired) electrons. The molecule has 1 saturated heterocycles. The van der Waals surface area contributed by atoms with E-state index in [2.05, 4.69) is 5.32 Å². The topological polar surface area (TPSA) is 73.2 Å². The fourth-order valence-electron chi connectivity index (χ4n) is 1.86. The Kier molecular flexibility index (Phi) is 3.21. The number of amides is 2. The number of hydrogen-bond donors (Lipinski definition) is 1. The van der Waals surface area contributed by atoms with Gasteiger partial charge in [-0.1, -0.05) is 11.6 Å². The summed E-state index contributed by atoms with van der Waals surface area (Å²) in [6.45, 7) is 1.72. The number of nitriles is 1. The van der Waals surface area contributed by atoms with Crippen LogP contribution in [0.25, 0.3) is 0 Å². The minimum atomic E-state index is -0.504. The second kappa shape index (κ2) is 4.67. The van der Waals surface area contributed by atoms with Crippen molar-refractivity contribution < 1.29 is 9.59 Å². The molecule has 1 aromatic rings. The maximum atomic E-state index is 11.6. The quantitative estimate of drug-likeness (QED) is 0.769. The Labute approximate surface area is 109 Å². The lowest BCUT2D eigenvalue weighted by Crippen LogP contribution is -2.57. The molecule has 1 aliphatic heterocycles. The molecule has 0 aromatic heterocycles. The van der Waals surface area contributed by atoms with Gasteiger partial charge in [-0.15, -0.1) is 0 Å². The third-order valence-corrected chi connectivity index (χ3v) is 3.05. The summed E-state index contributed by atoms with van der Waals surface area (Å²) < 4.78 is 0. The predicted molar refractivity (Wildman–Crippen MR) is 66.1 cm³/mol. The first-order valence-corrected chi connectivity index (χ1v) is 5.70. The van der Waals surface area contributed by atoms with Gasteiger partial charge in [-0.2, -0.15) is 5.26 Å². The zero-order valence-corrected chi connectivity index (χ0v) is 10.4. The van der Waals surface area contributed by atoms with Crippen LogP contribution >= 0.6 is 11.6 Å². The molecule has 2 amide bonds. The molecule has 1 atom stereocenters. The number of rotatable bonds is 1. The van der Waals surface area contributed by atoms with Gasteiger partial charge in [-0.05, 0) is 25.1 Å². The Morgan fingerprint density at radius 1 is 1.50 bits per heavy atom. The molecule has 0 aliphatic carbocycles. The van der Waals surface area contributed by atoms with Gasteiger partial charge in [0.25, 0.3) is 0 Å². The number of imide groups is 1. The molecule has 2 rings (SSSR count). The lowest BCUT2D eigenvalue weighted by atomic mass is 10.1. The predicted octanol–water partition coefficient (Wildman–Crippen LogP) is 1.06. The Bertz CT molecular complexity index is 565. The van der Waals surface area contributed by atoms with Gasteiger partial charge in [0.15, 0.2) is 0 Å². The van der Waals surface area contributed by atoms with Crippen molar-refractivity contribution in [2.24, 2.45) is 0 Å². The molecular formula is C12H10ClN3O2. The fourth-order valence-corrected chi connectivity index (χ4v) is 2.03. The number of piperazine rings is 1. The van der Waals surface area contributed by atoms with E-state index >= 15 is 0 Å². The molecule has 5 nitrogen and oxygen atoms in total. The summed E-state index contributed by atoms with van der Waals surface area (Å²) in [7, 11) is 0. The Morgan fingerprint density at radius 2 is 2.22 bits per heavy atom. The zero-order valence-electron chi connectivity index (χ0n) is 9.61. The van der Waals surface area contributed by atoms with Gasteiger partial charge < -0.3 is 4.90 Å². The minimum absolute atomic E-state index is 0.0449. The highest BCUT2D eigenvalue weighted by Crippen LogP contribution is 2.26. The van der Waals surface area contributed by atoms with E-state index in [1.165, 1.54) is 6.07 Å². The largest absolute Gasteiger partial charge is 0.349 e. The van der Waals surface area contributed by atoms with Crippen LogP contribution in [0.4, 0.5) is 5.69 Å². The second-order valence-electron chi connectivity index (χ2n) is 3.99. The van der Waals surface area contributed by atoms with E-state index in [0.717, 1.165) is 0 Å². The van der Waals surface area contributed by atoms with E-state index in [4.69, 9.17) is 16.9 Å². The highest BCUT2D eigenvalue weighted by Gasteiger charge is 2.31. The number of nitrogens with one attached hydrogen (secondary N) is 1. The van der Waals surface area contributed by atoms with Crippen LogP contribution in [0, 0.1) is 11.3 Å². The van der Waals surface area contributed by atoms with Crippen LogP contribution in [0.3, 0.4) is 0 Å². The molecule has 1 fully saturated rings. The highest BCUT2D eigenvalue weighted by molar-refractivity contribution is 6.30. The normalized spacial score (nSPS) is 19.4. The van der Waals surface area contributed by atoms with Crippen molar-refractivity contribution in [1.29, 1.82) is 5.26 Å². The van der Waals surface area contributed by atoms with Crippen molar-refractivity contribution in [3.8, 4) is 6.07 Å². The molecule has 0 spiro atoms. The van der Waals surface area contributed by atoms with Crippen molar-refractivity contribution in [2.75, 3.05) is 11.4 Å². The molecule has 1 aromatic carbocycles. The number of hydrogen-bond acceptors (Lipinski definition) is 4. The smallest absolute Gasteiger partial charge is 0.249 e. The van der Waals surface area contributed by atoms with Crippen molar-refractivity contribution in [3.63, 3.8) is 0 Å². The van der Waals surface area contributed by atoms with Gasteiger partial charge in [-0.3, -0.25) is 14.9 Å². The summed E-state index contributed by atoms with van der Waals surface area (Å²) in [5.74, 6) is -0.748. The van der Waals surface area contributed by atoms with Crippen LogP contribution in [0.15, 0.2) is 18.2 Å². The van der Waals surface area contributed by atoms with Crippen LogP contribution < -0.4 is 10.2 Å². The first-order valence-electron chi connectivity index (χ1n) is 5.33. The Hall–Kier alpha value is -2.06. The summed E-state index contributed by atoms with van der Waals surface area (Å²) in [5.41, 5.74) is 0.884. The van der Waals surface area contributed by atoms with Crippen molar-refractivity contribution in [2.45, 2.75) is 13.0 Å². The van der Waals surface area contributed by atoms with Crippen molar-refractivity contribution >= 4 is 29.1 Å². The summed E-state index contributed by atoms with van der Waals surface area (Å²) in [6, 6.07) is 6.29. The lowest BCUT2D eigenvalue weighted by Gasteiger charge is -2.34. The minimum Gasteiger partial charge on any atom is -0.349 e. The molecular weight excluding hydrogens is 254 g/mol. The van der Waals surface area contributed by atoms with Gasteiger partial charge in [-0.25, -0.2) is 0 Å². The monoisotopic (exact) mass is 263 g/mol. The molecule has 18 heavy (non-hydrogen) atoms.